The number of benzene rings is 3. The van der Waals surface area contributed by atoms with Crippen LogP contribution in [0.2, 0.25) is 0 Å². The van der Waals surface area contributed by atoms with Crippen molar-refractivity contribution < 1.29 is 14.3 Å². The van der Waals surface area contributed by atoms with E-state index < -0.39 is 0 Å². The molecule has 8 nitrogen and oxygen atoms in total. The third kappa shape index (κ3) is 8.35. The number of aryl methyl sites for hydroxylation is 3. The highest BCUT2D eigenvalue weighted by Gasteiger charge is 2.25. The van der Waals surface area contributed by atoms with E-state index in [0.29, 0.717) is 38.3 Å². The summed E-state index contributed by atoms with van der Waals surface area (Å²) in [6, 6.07) is 26.0. The van der Waals surface area contributed by atoms with E-state index in [-0.39, 0.29) is 18.4 Å². The van der Waals surface area contributed by atoms with E-state index in [1.165, 1.54) is 5.56 Å². The summed E-state index contributed by atoms with van der Waals surface area (Å²) in [4.78, 5) is 38.2. The van der Waals surface area contributed by atoms with Crippen LogP contribution in [-0.2, 0) is 29.2 Å². The Hall–Kier alpha value is -4.43. The highest BCUT2D eigenvalue weighted by molar-refractivity contribution is 5.96. The maximum absolute atomic E-state index is 13.9. The summed E-state index contributed by atoms with van der Waals surface area (Å²) in [5.74, 6) is 1.57. The largest absolute Gasteiger partial charge is 0.484 e. The fraction of sp³-hybridized carbons (Fsp3) is 0.361. The number of amides is 2. The molecule has 230 valence electrons. The van der Waals surface area contributed by atoms with Gasteiger partial charge in [0.05, 0.1) is 5.69 Å². The quantitative estimate of drug-likeness (QED) is 0.265. The summed E-state index contributed by atoms with van der Waals surface area (Å²) < 4.78 is 7.93. The number of fused-ring (bicyclic) bond motifs is 1. The van der Waals surface area contributed by atoms with Crippen molar-refractivity contribution in [3.8, 4) is 5.75 Å². The van der Waals surface area contributed by atoms with Gasteiger partial charge in [-0.3, -0.25) is 14.5 Å². The molecular formula is C36H43N5O3. The number of hydrogen-bond acceptors (Lipinski definition) is 5. The van der Waals surface area contributed by atoms with Gasteiger partial charge in [-0.15, -0.1) is 0 Å². The molecule has 0 bridgehead atoms. The molecule has 3 aromatic carbocycles. The molecule has 0 atom stereocenters. The Labute approximate surface area is 260 Å². The lowest BCUT2D eigenvalue weighted by atomic mass is 10.0. The van der Waals surface area contributed by atoms with Gasteiger partial charge in [0, 0.05) is 64.6 Å². The van der Waals surface area contributed by atoms with Gasteiger partial charge in [0.15, 0.2) is 6.61 Å². The third-order valence-electron chi connectivity index (χ3n) is 8.21. The second-order valence-electron chi connectivity index (χ2n) is 11.4. The van der Waals surface area contributed by atoms with Gasteiger partial charge in [-0.25, -0.2) is 4.98 Å². The first-order valence-electron chi connectivity index (χ1n) is 15.6. The molecule has 1 aliphatic rings. The molecule has 0 aliphatic carbocycles. The molecule has 0 saturated heterocycles. The number of para-hydroxylation sites is 2. The van der Waals surface area contributed by atoms with Gasteiger partial charge in [0.2, 0.25) is 5.91 Å². The van der Waals surface area contributed by atoms with Crippen LogP contribution in [0.5, 0.6) is 5.75 Å². The molecule has 4 aromatic rings. The molecule has 0 unspecified atom stereocenters. The number of carbonyl (C=O) groups is 2. The number of imidazole rings is 1. The maximum atomic E-state index is 13.9. The minimum atomic E-state index is -0.0930. The van der Waals surface area contributed by atoms with Crippen molar-refractivity contribution in [1.82, 2.24) is 19.4 Å². The Kier molecular flexibility index (Phi) is 10.8. The van der Waals surface area contributed by atoms with Crippen molar-refractivity contribution in [3.63, 3.8) is 0 Å². The molecule has 0 saturated carbocycles. The molecule has 0 radical (unpaired) electrons. The summed E-state index contributed by atoms with van der Waals surface area (Å²) in [6.45, 7) is 8.71. The molecular weight excluding hydrogens is 550 g/mol. The summed E-state index contributed by atoms with van der Waals surface area (Å²) in [5, 5.41) is 0. The van der Waals surface area contributed by atoms with Crippen molar-refractivity contribution in [3.05, 3.63) is 114 Å². The van der Waals surface area contributed by atoms with Crippen molar-refractivity contribution >= 4 is 17.5 Å². The van der Waals surface area contributed by atoms with Crippen molar-refractivity contribution in [2.24, 2.45) is 0 Å². The lowest BCUT2D eigenvalue weighted by Crippen LogP contribution is -2.41. The van der Waals surface area contributed by atoms with Gasteiger partial charge in [0.1, 0.15) is 11.6 Å². The van der Waals surface area contributed by atoms with Gasteiger partial charge < -0.3 is 19.1 Å². The molecule has 0 N–H and O–H groups in total. The van der Waals surface area contributed by atoms with Crippen LogP contribution < -0.4 is 9.64 Å². The smallest absolute Gasteiger partial charge is 0.264 e. The van der Waals surface area contributed by atoms with E-state index in [1.807, 2.05) is 82.9 Å². The van der Waals surface area contributed by atoms with Gasteiger partial charge in [-0.05, 0) is 55.5 Å². The zero-order valence-electron chi connectivity index (χ0n) is 25.9. The number of rotatable bonds is 8. The molecule has 1 aliphatic heterocycles. The molecule has 5 rings (SSSR count). The number of ether oxygens (including phenoxy) is 1. The lowest BCUT2D eigenvalue weighted by Gasteiger charge is -2.32. The van der Waals surface area contributed by atoms with Crippen LogP contribution in [0.1, 0.15) is 41.8 Å². The Bertz CT molecular complexity index is 1500. The second kappa shape index (κ2) is 15.3. The molecule has 8 heteroatoms. The van der Waals surface area contributed by atoms with Crippen molar-refractivity contribution in [2.75, 3.05) is 37.7 Å². The van der Waals surface area contributed by atoms with E-state index in [9.17, 15) is 9.59 Å². The normalized spacial score (nSPS) is 14.8. The Morgan fingerprint density at radius 1 is 0.818 bits per heavy atom. The number of anilines is 1. The SMILES string of the molecule is Cc1cccc2c1N(C(=O)COc1ccccc1)CCCN(Cc1ccccc1)CCCN(C(=O)CCn1ccnc1C)C2. The summed E-state index contributed by atoms with van der Waals surface area (Å²) >= 11 is 0. The molecule has 1 aromatic heterocycles. The fourth-order valence-corrected chi connectivity index (χ4v) is 5.90. The number of carbonyl (C=O) groups excluding carboxylic acids is 2. The van der Waals surface area contributed by atoms with E-state index in [1.54, 1.807) is 6.20 Å². The average Bonchev–Trinajstić information content (AvgIpc) is 3.45. The van der Waals surface area contributed by atoms with Crippen LogP contribution in [-0.4, -0.2) is 64.0 Å². The van der Waals surface area contributed by atoms with E-state index in [0.717, 1.165) is 55.1 Å². The molecule has 2 heterocycles. The predicted molar refractivity (Wildman–Crippen MR) is 173 cm³/mol. The first kappa shape index (κ1) is 31.0. The maximum Gasteiger partial charge on any atom is 0.264 e. The summed E-state index contributed by atoms with van der Waals surface area (Å²) in [6.07, 6.45) is 5.77. The van der Waals surface area contributed by atoms with Crippen molar-refractivity contribution in [1.29, 1.82) is 0 Å². The fourth-order valence-electron chi connectivity index (χ4n) is 5.90. The predicted octanol–water partition coefficient (Wildman–Crippen LogP) is 5.63. The Balaban J connectivity index is 1.41. The first-order chi connectivity index (χ1) is 21.5. The monoisotopic (exact) mass is 593 g/mol. The van der Waals surface area contributed by atoms with Gasteiger partial charge >= 0.3 is 0 Å². The van der Waals surface area contributed by atoms with E-state index in [4.69, 9.17) is 4.74 Å². The first-order valence-corrected chi connectivity index (χ1v) is 15.6. The van der Waals surface area contributed by atoms with Crippen LogP contribution in [0.25, 0.3) is 0 Å². The third-order valence-corrected chi connectivity index (χ3v) is 8.21. The topological polar surface area (TPSA) is 70.9 Å². The van der Waals surface area contributed by atoms with Crippen LogP contribution in [0.3, 0.4) is 0 Å². The zero-order chi connectivity index (χ0) is 30.7. The van der Waals surface area contributed by atoms with Crippen LogP contribution in [0.4, 0.5) is 5.69 Å². The Morgan fingerprint density at radius 3 is 2.27 bits per heavy atom. The minimum Gasteiger partial charge on any atom is -0.484 e. The average molecular weight is 594 g/mol. The van der Waals surface area contributed by atoms with Gasteiger partial charge in [-0.2, -0.15) is 0 Å². The number of hydrogen-bond donors (Lipinski definition) is 0. The molecule has 0 fully saturated rings. The highest BCUT2D eigenvalue weighted by Crippen LogP contribution is 2.28. The van der Waals surface area contributed by atoms with Crippen LogP contribution in [0, 0.1) is 13.8 Å². The second-order valence-corrected chi connectivity index (χ2v) is 11.4. The number of aromatic nitrogens is 2. The molecule has 2 amide bonds. The van der Waals surface area contributed by atoms with E-state index in [2.05, 4.69) is 40.2 Å². The molecule has 44 heavy (non-hydrogen) atoms. The highest BCUT2D eigenvalue weighted by atomic mass is 16.5. The lowest BCUT2D eigenvalue weighted by molar-refractivity contribution is -0.132. The van der Waals surface area contributed by atoms with Crippen LogP contribution in [0.15, 0.2) is 91.3 Å². The molecule has 0 spiro atoms. The minimum absolute atomic E-state index is 0.0571. The van der Waals surface area contributed by atoms with Gasteiger partial charge in [0.25, 0.3) is 5.91 Å². The van der Waals surface area contributed by atoms with Crippen molar-refractivity contribution in [2.45, 2.75) is 52.7 Å². The summed E-state index contributed by atoms with van der Waals surface area (Å²) in [7, 11) is 0. The van der Waals surface area contributed by atoms with Gasteiger partial charge in [-0.1, -0.05) is 66.7 Å². The standard InChI is InChI=1S/C36H43N5O3/c1-29-12-9-15-32-27-40(34(42)18-24-39-25-19-37-30(39)2)22-10-20-38(26-31-13-5-3-6-14-31)21-11-23-41(36(29)32)35(43)28-44-33-16-7-4-8-17-33/h3-9,12-17,19,25H,10-11,18,20-24,26-28H2,1-2H3. The van der Waals surface area contributed by atoms with Crippen LogP contribution >= 0.6 is 0 Å². The zero-order valence-corrected chi connectivity index (χ0v) is 25.9. The summed E-state index contributed by atoms with van der Waals surface area (Å²) in [5.41, 5.74) is 4.13. The Morgan fingerprint density at radius 2 is 1.55 bits per heavy atom. The number of nitrogens with zero attached hydrogens (tertiary/aromatic N) is 5. The van der Waals surface area contributed by atoms with E-state index >= 15 is 0 Å².